The van der Waals surface area contributed by atoms with Gasteiger partial charge in [0.1, 0.15) is 5.82 Å². The quantitative estimate of drug-likeness (QED) is 0.844. The predicted molar refractivity (Wildman–Crippen MR) is 115 cm³/mol. The Morgan fingerprint density at radius 1 is 1.03 bits per heavy atom. The van der Waals surface area contributed by atoms with E-state index in [4.69, 9.17) is 0 Å². The molecular weight excluding hydrogens is 362 g/mol. The topological polar surface area (TPSA) is 56.7 Å². The number of carbonyl (C=O) groups excluding carboxylic acids is 1. The van der Waals surface area contributed by atoms with E-state index in [1.54, 1.807) is 6.20 Å². The lowest BCUT2D eigenvalue weighted by molar-refractivity contribution is 0.0686. The van der Waals surface area contributed by atoms with Gasteiger partial charge in [-0.3, -0.25) is 4.79 Å². The van der Waals surface area contributed by atoms with Gasteiger partial charge in [-0.25, -0.2) is 4.98 Å². The van der Waals surface area contributed by atoms with Crippen LogP contribution in [0.2, 0.25) is 0 Å². The fourth-order valence-corrected chi connectivity index (χ4v) is 4.49. The zero-order valence-corrected chi connectivity index (χ0v) is 17.0. The smallest absolute Gasteiger partial charge is 0.255 e. The number of piperidine rings is 2. The van der Waals surface area contributed by atoms with Crippen molar-refractivity contribution in [2.75, 3.05) is 31.1 Å². The Bertz CT molecular complexity index is 786. The van der Waals surface area contributed by atoms with Gasteiger partial charge in [-0.15, -0.1) is 0 Å². The highest BCUT2D eigenvalue weighted by Crippen LogP contribution is 2.24. The minimum atomic E-state index is -0.282. The number of hydrogen-bond donors (Lipinski definition) is 1. The van der Waals surface area contributed by atoms with E-state index in [1.807, 2.05) is 17.0 Å². The largest absolute Gasteiger partial charge is 0.391 e. The van der Waals surface area contributed by atoms with Gasteiger partial charge in [0.2, 0.25) is 0 Å². The van der Waals surface area contributed by atoms with Crippen LogP contribution in [0.4, 0.5) is 5.82 Å². The minimum Gasteiger partial charge on any atom is -0.391 e. The van der Waals surface area contributed by atoms with Crippen LogP contribution in [-0.4, -0.2) is 53.2 Å². The number of aromatic nitrogens is 1. The molecule has 0 aliphatic carbocycles. The van der Waals surface area contributed by atoms with Crippen molar-refractivity contribution < 1.29 is 9.90 Å². The van der Waals surface area contributed by atoms with Gasteiger partial charge in [0.05, 0.1) is 11.7 Å². The number of anilines is 1. The number of benzene rings is 1. The second kappa shape index (κ2) is 9.40. The molecule has 3 heterocycles. The standard InChI is InChI=1S/C24H31N3O2/c28-22-7-4-14-27(18-22)23-11-10-21(17-25-23)24(29)26-15-12-20(13-16-26)9-8-19-5-2-1-3-6-19/h1-3,5-6,10-11,17,20,22,28H,4,7-9,12-16,18H2. The van der Waals surface area contributed by atoms with E-state index in [0.717, 1.165) is 57.6 Å². The van der Waals surface area contributed by atoms with Gasteiger partial charge in [-0.05, 0) is 62.1 Å². The molecule has 0 saturated carbocycles. The molecule has 1 unspecified atom stereocenters. The molecule has 5 heteroatoms. The first-order valence-corrected chi connectivity index (χ1v) is 10.9. The van der Waals surface area contributed by atoms with Crippen molar-refractivity contribution >= 4 is 11.7 Å². The van der Waals surface area contributed by atoms with Crippen LogP contribution in [0.25, 0.3) is 0 Å². The minimum absolute atomic E-state index is 0.0873. The Morgan fingerprint density at radius 3 is 2.52 bits per heavy atom. The Hall–Kier alpha value is -2.40. The lowest BCUT2D eigenvalue weighted by atomic mass is 9.90. The number of aryl methyl sites for hydroxylation is 1. The molecule has 29 heavy (non-hydrogen) atoms. The SMILES string of the molecule is O=C(c1ccc(N2CCCC(O)C2)nc1)N1CCC(CCc2ccccc2)CC1. The van der Waals surface area contributed by atoms with Gasteiger partial charge in [0, 0.05) is 32.4 Å². The molecule has 0 bridgehead atoms. The fourth-order valence-electron chi connectivity index (χ4n) is 4.49. The van der Waals surface area contributed by atoms with Crippen LogP contribution in [0.1, 0.15) is 48.0 Å². The fraction of sp³-hybridized carbons (Fsp3) is 0.500. The van der Waals surface area contributed by atoms with Gasteiger partial charge in [0.25, 0.3) is 5.91 Å². The number of β-amino-alcohol motifs (C(OH)–C–C–N with tert-alkyl or cyclic N) is 1. The second-order valence-electron chi connectivity index (χ2n) is 8.41. The summed E-state index contributed by atoms with van der Waals surface area (Å²) in [5, 5.41) is 9.85. The number of carbonyl (C=O) groups is 1. The molecule has 2 aliphatic rings. The molecular formula is C24H31N3O2. The lowest BCUT2D eigenvalue weighted by Gasteiger charge is -2.32. The molecule has 1 N–H and O–H groups in total. The van der Waals surface area contributed by atoms with Crippen molar-refractivity contribution in [3.63, 3.8) is 0 Å². The molecule has 1 amide bonds. The van der Waals surface area contributed by atoms with Crippen LogP contribution in [0.5, 0.6) is 0 Å². The molecule has 1 atom stereocenters. The number of hydrogen-bond acceptors (Lipinski definition) is 4. The molecule has 2 aromatic rings. The van der Waals surface area contributed by atoms with E-state index >= 15 is 0 Å². The second-order valence-corrected chi connectivity index (χ2v) is 8.41. The average molecular weight is 394 g/mol. The number of rotatable bonds is 5. The van der Waals surface area contributed by atoms with Crippen LogP contribution < -0.4 is 4.90 Å². The van der Waals surface area contributed by atoms with Crippen LogP contribution >= 0.6 is 0 Å². The third-order valence-electron chi connectivity index (χ3n) is 6.30. The Balaban J connectivity index is 1.27. The van der Waals surface area contributed by atoms with Crippen molar-refractivity contribution in [2.24, 2.45) is 5.92 Å². The van der Waals surface area contributed by atoms with Crippen LogP contribution in [0.15, 0.2) is 48.7 Å². The summed E-state index contributed by atoms with van der Waals surface area (Å²) >= 11 is 0. The summed E-state index contributed by atoms with van der Waals surface area (Å²) in [5.41, 5.74) is 2.06. The molecule has 2 aliphatic heterocycles. The van der Waals surface area contributed by atoms with Gasteiger partial charge < -0.3 is 14.9 Å². The number of pyridine rings is 1. The monoisotopic (exact) mass is 393 g/mol. The first kappa shape index (κ1) is 19.9. The van der Waals surface area contributed by atoms with Crippen LogP contribution in [0.3, 0.4) is 0 Å². The summed E-state index contributed by atoms with van der Waals surface area (Å²) < 4.78 is 0. The number of likely N-dealkylation sites (tertiary alicyclic amines) is 1. The van der Waals surface area contributed by atoms with Gasteiger partial charge in [-0.1, -0.05) is 30.3 Å². The van der Waals surface area contributed by atoms with Crippen molar-refractivity contribution in [1.29, 1.82) is 0 Å². The van der Waals surface area contributed by atoms with Gasteiger partial charge in [0.15, 0.2) is 0 Å². The molecule has 154 valence electrons. The highest BCUT2D eigenvalue weighted by Gasteiger charge is 2.24. The third kappa shape index (κ3) is 5.15. The number of aliphatic hydroxyl groups excluding tert-OH is 1. The molecule has 2 fully saturated rings. The summed E-state index contributed by atoms with van der Waals surface area (Å²) in [4.78, 5) is 21.4. The maximum Gasteiger partial charge on any atom is 0.255 e. The predicted octanol–water partition coefficient (Wildman–Crippen LogP) is 3.53. The molecule has 4 rings (SSSR count). The maximum absolute atomic E-state index is 12.9. The van der Waals surface area contributed by atoms with E-state index in [-0.39, 0.29) is 12.0 Å². The first-order valence-electron chi connectivity index (χ1n) is 10.9. The molecule has 5 nitrogen and oxygen atoms in total. The number of aliphatic hydroxyl groups is 1. The number of amides is 1. The normalized spacial score (nSPS) is 20.7. The van der Waals surface area contributed by atoms with Crippen LogP contribution in [-0.2, 0) is 6.42 Å². The lowest BCUT2D eigenvalue weighted by Crippen LogP contribution is -2.39. The van der Waals surface area contributed by atoms with Crippen LogP contribution in [0, 0.1) is 5.92 Å². The van der Waals surface area contributed by atoms with Crippen molar-refractivity contribution in [3.8, 4) is 0 Å². The molecule has 2 saturated heterocycles. The Labute approximate surface area is 173 Å². The van der Waals surface area contributed by atoms with E-state index < -0.39 is 0 Å². The summed E-state index contributed by atoms with van der Waals surface area (Å²) in [7, 11) is 0. The van der Waals surface area contributed by atoms with E-state index in [0.29, 0.717) is 18.0 Å². The van der Waals surface area contributed by atoms with Crippen molar-refractivity contribution in [2.45, 2.75) is 44.6 Å². The maximum atomic E-state index is 12.9. The molecule has 1 aromatic heterocycles. The Morgan fingerprint density at radius 2 is 1.83 bits per heavy atom. The molecule has 0 spiro atoms. The first-order chi connectivity index (χ1) is 14.2. The number of nitrogens with zero attached hydrogens (tertiary/aromatic N) is 3. The summed E-state index contributed by atoms with van der Waals surface area (Å²) in [6, 6.07) is 14.4. The summed E-state index contributed by atoms with van der Waals surface area (Å²) in [5.74, 6) is 1.63. The van der Waals surface area contributed by atoms with Gasteiger partial charge >= 0.3 is 0 Å². The Kier molecular flexibility index (Phi) is 6.45. The average Bonchev–Trinajstić information content (AvgIpc) is 2.78. The van der Waals surface area contributed by atoms with E-state index in [2.05, 4.69) is 40.2 Å². The van der Waals surface area contributed by atoms with Gasteiger partial charge in [-0.2, -0.15) is 0 Å². The van der Waals surface area contributed by atoms with E-state index in [9.17, 15) is 9.90 Å². The van der Waals surface area contributed by atoms with E-state index in [1.165, 1.54) is 12.0 Å². The highest BCUT2D eigenvalue weighted by molar-refractivity contribution is 5.94. The van der Waals surface area contributed by atoms with Crippen molar-refractivity contribution in [1.82, 2.24) is 9.88 Å². The zero-order valence-electron chi connectivity index (χ0n) is 17.0. The highest BCUT2D eigenvalue weighted by atomic mass is 16.3. The summed E-state index contributed by atoms with van der Waals surface area (Å²) in [6.07, 6.45) is 7.72. The third-order valence-corrected chi connectivity index (χ3v) is 6.30. The summed E-state index contributed by atoms with van der Waals surface area (Å²) in [6.45, 7) is 3.20. The zero-order chi connectivity index (χ0) is 20.1. The van der Waals surface area contributed by atoms with Crippen molar-refractivity contribution in [3.05, 3.63) is 59.8 Å². The molecule has 1 aromatic carbocycles. The molecule has 0 radical (unpaired) electrons.